The number of imidazole rings is 1. The Morgan fingerprint density at radius 2 is 2.42 bits per heavy atom. The molecule has 0 saturated carbocycles. The Kier molecular flexibility index (Phi) is 3.10. The maximum Gasteiger partial charge on any atom is 0.350 e. The third-order valence-corrected chi connectivity index (χ3v) is 2.80. The molecule has 0 radical (unpaired) electrons. The summed E-state index contributed by atoms with van der Waals surface area (Å²) in [6.45, 7) is 1.68. The molecule has 104 valence electrons. The van der Waals surface area contributed by atoms with Crippen LogP contribution in [0.4, 0.5) is 0 Å². The van der Waals surface area contributed by atoms with Gasteiger partial charge in [-0.15, -0.1) is 0 Å². The van der Waals surface area contributed by atoms with Gasteiger partial charge in [-0.25, -0.2) is 9.97 Å². The Morgan fingerprint density at radius 3 is 3.11 bits per heavy atom. The van der Waals surface area contributed by atoms with Crippen molar-refractivity contribution < 1.29 is 21.8 Å². The van der Waals surface area contributed by atoms with Crippen LogP contribution in [0.2, 0.25) is 0 Å². The van der Waals surface area contributed by atoms with Crippen molar-refractivity contribution in [3.05, 3.63) is 18.1 Å². The first-order valence-corrected chi connectivity index (χ1v) is 7.11. The molecule has 9 nitrogen and oxygen atoms in total. The number of fused-ring (bicyclic) bond motifs is 1. The average Bonchev–Trinajstić information content (AvgIpc) is 2.64. The minimum absolute atomic E-state index is 0.0920. The monoisotopic (exact) mass is 289 g/mol. The molecule has 19 heavy (non-hydrogen) atoms. The van der Waals surface area contributed by atoms with Crippen molar-refractivity contribution in [2.24, 2.45) is 0 Å². The van der Waals surface area contributed by atoms with E-state index in [1.54, 1.807) is 6.92 Å². The average molecular weight is 289 g/mol. The molecule has 0 aromatic carbocycles. The fourth-order valence-electron chi connectivity index (χ4n) is 1.49. The molecule has 0 spiro atoms. The SMILES string of the molecule is [2H]c1nc(=N)c2nc([2H])n(C[C@@H](C)OCP(=O)(O)O)c2[nH]1. The van der Waals surface area contributed by atoms with E-state index in [-0.39, 0.29) is 35.8 Å². The highest BCUT2D eigenvalue weighted by Crippen LogP contribution is 2.34. The molecule has 2 aromatic heterocycles. The zero-order chi connectivity index (χ0) is 15.8. The molecule has 1 atom stereocenters. The molecule has 10 heteroatoms. The predicted octanol–water partition coefficient (Wildman–Crippen LogP) is -0.221. The van der Waals surface area contributed by atoms with E-state index in [9.17, 15) is 4.57 Å². The third-order valence-electron chi connectivity index (χ3n) is 2.31. The lowest BCUT2D eigenvalue weighted by Crippen LogP contribution is -2.17. The van der Waals surface area contributed by atoms with Gasteiger partial charge in [0, 0.05) is 0 Å². The van der Waals surface area contributed by atoms with Gasteiger partial charge in [-0.1, -0.05) is 0 Å². The molecule has 4 N–H and O–H groups in total. The van der Waals surface area contributed by atoms with Crippen molar-refractivity contribution in [3.8, 4) is 0 Å². The van der Waals surface area contributed by atoms with Crippen molar-refractivity contribution in [3.63, 3.8) is 0 Å². The van der Waals surface area contributed by atoms with Crippen LogP contribution in [-0.4, -0.2) is 41.8 Å². The summed E-state index contributed by atoms with van der Waals surface area (Å²) in [5, 5.41) is 7.62. The van der Waals surface area contributed by atoms with Gasteiger partial charge in [-0.3, -0.25) is 9.97 Å². The number of hydrogen-bond donors (Lipinski definition) is 4. The Bertz CT molecular complexity index is 769. The van der Waals surface area contributed by atoms with Gasteiger partial charge in [-0.2, -0.15) is 0 Å². The van der Waals surface area contributed by atoms with E-state index in [0.717, 1.165) is 0 Å². The molecule has 2 aromatic rings. The number of nitrogens with one attached hydrogen (secondary N) is 2. The van der Waals surface area contributed by atoms with Gasteiger partial charge in [-0.05, 0) is 6.92 Å². The van der Waals surface area contributed by atoms with E-state index in [0.29, 0.717) is 0 Å². The standard InChI is InChI=1S/C9H14N5O4P/c1-6(18-5-19(15,16)17)2-14-4-13-7-8(10)11-3-12-9(7)14/h3-4,6H,2,5H2,1H3,(H2,10,11,12)(H2,15,16,17)/t6-/m1/s1/i3D,4D. The van der Waals surface area contributed by atoms with Crippen molar-refractivity contribution in [2.45, 2.75) is 19.6 Å². The van der Waals surface area contributed by atoms with Gasteiger partial charge in [0.05, 0.1) is 25.3 Å². The number of H-pyrrole nitrogens is 1. The van der Waals surface area contributed by atoms with Crippen molar-refractivity contribution in [1.82, 2.24) is 19.5 Å². The number of aromatic nitrogens is 4. The first-order chi connectivity index (χ1) is 9.67. The largest absolute Gasteiger partial charge is 0.364 e. The Balaban J connectivity index is 2.28. The Morgan fingerprint density at radius 1 is 1.68 bits per heavy atom. The van der Waals surface area contributed by atoms with Crippen molar-refractivity contribution in [1.29, 1.82) is 5.41 Å². The molecule has 0 aliphatic heterocycles. The van der Waals surface area contributed by atoms with Crippen molar-refractivity contribution >= 4 is 18.8 Å². The zero-order valence-electron chi connectivity index (χ0n) is 12.0. The van der Waals surface area contributed by atoms with Gasteiger partial charge >= 0.3 is 7.60 Å². The second-order valence-corrected chi connectivity index (χ2v) is 5.58. The number of rotatable bonds is 5. The first kappa shape index (κ1) is 11.3. The topological polar surface area (TPSA) is 137 Å². The van der Waals surface area contributed by atoms with Crippen LogP contribution in [0.3, 0.4) is 0 Å². The lowest BCUT2D eigenvalue weighted by molar-refractivity contribution is 0.0764. The molecule has 0 fully saturated rings. The molecule has 0 amide bonds. The first-order valence-electron chi connectivity index (χ1n) is 6.32. The van der Waals surface area contributed by atoms with Crippen LogP contribution in [0, 0.1) is 5.41 Å². The van der Waals surface area contributed by atoms with Crippen LogP contribution in [0.5, 0.6) is 0 Å². The lowest BCUT2D eigenvalue weighted by atomic mass is 10.4. The molecule has 0 aliphatic carbocycles. The Hall–Kier alpha value is -1.54. The van der Waals surface area contributed by atoms with Crippen molar-refractivity contribution in [2.75, 3.05) is 6.35 Å². The van der Waals surface area contributed by atoms with Gasteiger partial charge < -0.3 is 24.1 Å². The fraction of sp³-hybridized carbons (Fsp3) is 0.444. The zero-order valence-corrected chi connectivity index (χ0v) is 10.9. The summed E-state index contributed by atoms with van der Waals surface area (Å²) in [5.74, 6) is 0. The number of nitrogens with zero attached hydrogens (tertiary/aromatic N) is 3. The van der Waals surface area contributed by atoms with E-state index in [2.05, 4.69) is 15.0 Å². The summed E-state index contributed by atoms with van der Waals surface area (Å²) in [6.07, 6.45) is -1.71. The second-order valence-electron chi connectivity index (χ2n) is 3.99. The molecule has 0 aliphatic rings. The summed E-state index contributed by atoms with van der Waals surface area (Å²) < 4.78 is 32.4. The Labute approximate surface area is 110 Å². The third kappa shape index (κ3) is 3.48. The maximum absolute atomic E-state index is 10.8. The van der Waals surface area contributed by atoms with E-state index in [1.165, 1.54) is 4.57 Å². The molecule has 0 saturated heterocycles. The summed E-state index contributed by atoms with van der Waals surface area (Å²) in [4.78, 5) is 27.6. The number of hydrogen-bond acceptors (Lipinski definition) is 5. The number of ether oxygens (including phenoxy) is 1. The lowest BCUT2D eigenvalue weighted by Gasteiger charge is -2.14. The van der Waals surface area contributed by atoms with Crippen LogP contribution < -0.4 is 5.49 Å². The fourth-order valence-corrected chi connectivity index (χ4v) is 1.94. The van der Waals surface area contributed by atoms with Crippen LogP contribution >= 0.6 is 7.60 Å². The summed E-state index contributed by atoms with van der Waals surface area (Å²) >= 11 is 0. The van der Waals surface area contributed by atoms with E-state index >= 15 is 0 Å². The minimum atomic E-state index is -4.26. The smallest absolute Gasteiger partial charge is 0.350 e. The molecule has 0 unspecified atom stereocenters. The molecular weight excluding hydrogens is 273 g/mol. The van der Waals surface area contributed by atoms with E-state index < -0.39 is 20.0 Å². The number of aromatic amines is 1. The highest BCUT2D eigenvalue weighted by Gasteiger charge is 2.16. The van der Waals surface area contributed by atoms with Gasteiger partial charge in [0.2, 0.25) is 0 Å². The quantitative estimate of drug-likeness (QED) is 0.561. The summed E-state index contributed by atoms with van der Waals surface area (Å²) in [6, 6.07) is 0. The van der Waals surface area contributed by atoms with Gasteiger partial charge in [0.25, 0.3) is 0 Å². The van der Waals surface area contributed by atoms with Crippen LogP contribution in [0.15, 0.2) is 12.6 Å². The second kappa shape index (κ2) is 5.22. The highest BCUT2D eigenvalue weighted by atomic mass is 31.2. The molecule has 0 bridgehead atoms. The normalized spacial score (nSPS) is 15.3. The summed E-state index contributed by atoms with van der Waals surface area (Å²) in [7, 11) is -4.26. The van der Waals surface area contributed by atoms with Gasteiger partial charge in [0.15, 0.2) is 5.49 Å². The summed E-state index contributed by atoms with van der Waals surface area (Å²) in [5.41, 5.74) is 0.208. The highest BCUT2D eigenvalue weighted by molar-refractivity contribution is 7.51. The molecular formula is C9H14N5O4P. The van der Waals surface area contributed by atoms with E-state index in [4.69, 9.17) is 22.7 Å². The minimum Gasteiger partial charge on any atom is -0.364 e. The van der Waals surface area contributed by atoms with Crippen LogP contribution in [-0.2, 0) is 15.8 Å². The predicted molar refractivity (Wildman–Crippen MR) is 65.2 cm³/mol. The van der Waals surface area contributed by atoms with Crippen LogP contribution in [0.1, 0.15) is 9.67 Å². The van der Waals surface area contributed by atoms with Gasteiger partial charge in [0.1, 0.15) is 20.3 Å². The molecule has 2 heterocycles. The van der Waals surface area contributed by atoms with E-state index in [1.807, 2.05) is 0 Å². The molecule has 2 rings (SSSR count). The maximum atomic E-state index is 10.8. The van der Waals surface area contributed by atoms with Crippen LogP contribution in [0.25, 0.3) is 11.2 Å².